The molecular formula is C13H11FN6. The number of hydrazine groups is 1. The van der Waals surface area contributed by atoms with Gasteiger partial charge in [0.05, 0.1) is 11.7 Å². The predicted molar refractivity (Wildman–Crippen MR) is 74.8 cm³/mol. The first kappa shape index (κ1) is 12.2. The number of nitrogen functional groups attached to an aromatic ring is 1. The van der Waals surface area contributed by atoms with Crippen molar-refractivity contribution in [1.29, 1.82) is 0 Å². The van der Waals surface area contributed by atoms with Gasteiger partial charge in [0.2, 0.25) is 5.95 Å². The van der Waals surface area contributed by atoms with Gasteiger partial charge in [-0.15, -0.1) is 0 Å². The average molecular weight is 270 g/mol. The quantitative estimate of drug-likeness (QED) is 0.499. The number of fused-ring (bicyclic) bond motifs is 1. The van der Waals surface area contributed by atoms with E-state index in [1.54, 1.807) is 12.3 Å². The number of rotatable bonds is 3. The van der Waals surface area contributed by atoms with E-state index in [0.29, 0.717) is 5.69 Å². The molecule has 0 atom stereocenters. The van der Waals surface area contributed by atoms with E-state index in [1.807, 2.05) is 24.3 Å². The van der Waals surface area contributed by atoms with E-state index in [0.717, 1.165) is 17.1 Å². The van der Waals surface area contributed by atoms with Crippen LogP contribution in [0.5, 0.6) is 0 Å². The normalized spacial score (nSPS) is 10.5. The third-order valence-electron chi connectivity index (χ3n) is 2.74. The summed E-state index contributed by atoms with van der Waals surface area (Å²) < 4.78 is 13.6. The Labute approximate surface area is 113 Å². The van der Waals surface area contributed by atoms with Gasteiger partial charge in [-0.2, -0.15) is 4.98 Å². The van der Waals surface area contributed by atoms with Crippen LogP contribution in [0.25, 0.3) is 10.9 Å². The van der Waals surface area contributed by atoms with Gasteiger partial charge in [-0.05, 0) is 24.3 Å². The summed E-state index contributed by atoms with van der Waals surface area (Å²) in [6.07, 6.45) is 2.77. The summed E-state index contributed by atoms with van der Waals surface area (Å²) >= 11 is 0. The minimum absolute atomic E-state index is 0.0520. The third kappa shape index (κ3) is 2.34. The van der Waals surface area contributed by atoms with Crippen LogP contribution in [0.15, 0.2) is 42.7 Å². The molecule has 0 spiro atoms. The topological polar surface area (TPSA) is 88.8 Å². The van der Waals surface area contributed by atoms with Gasteiger partial charge in [0.15, 0.2) is 11.6 Å². The first-order chi connectivity index (χ1) is 9.76. The molecule has 0 bridgehead atoms. The fraction of sp³-hybridized carbons (Fsp3) is 0. The summed E-state index contributed by atoms with van der Waals surface area (Å²) in [6, 6.07) is 9.27. The maximum absolute atomic E-state index is 13.6. The number of aromatic nitrogens is 3. The molecule has 0 saturated carbocycles. The summed E-state index contributed by atoms with van der Waals surface area (Å²) in [4.78, 5) is 11.8. The molecular weight excluding hydrogens is 259 g/mol. The number of anilines is 3. The number of nitrogens with two attached hydrogens (primary N) is 1. The molecule has 100 valence electrons. The number of halogens is 1. The van der Waals surface area contributed by atoms with Crippen LogP contribution in [-0.2, 0) is 0 Å². The highest BCUT2D eigenvalue weighted by Gasteiger charge is 2.07. The molecule has 0 aliphatic carbocycles. The van der Waals surface area contributed by atoms with Crippen LogP contribution in [0.1, 0.15) is 0 Å². The second kappa shape index (κ2) is 5.06. The fourth-order valence-electron chi connectivity index (χ4n) is 1.81. The molecule has 0 saturated heterocycles. The molecule has 6 nitrogen and oxygen atoms in total. The Morgan fingerprint density at radius 3 is 2.90 bits per heavy atom. The molecule has 3 aromatic rings. The first-order valence-electron chi connectivity index (χ1n) is 5.87. The summed E-state index contributed by atoms with van der Waals surface area (Å²) in [7, 11) is 0. The van der Waals surface area contributed by atoms with Gasteiger partial charge in [0, 0.05) is 17.3 Å². The van der Waals surface area contributed by atoms with Gasteiger partial charge in [0.25, 0.3) is 0 Å². The van der Waals surface area contributed by atoms with Crippen molar-refractivity contribution in [3.8, 4) is 0 Å². The molecule has 0 unspecified atom stereocenters. The van der Waals surface area contributed by atoms with Gasteiger partial charge in [-0.25, -0.2) is 15.2 Å². The van der Waals surface area contributed by atoms with Crippen molar-refractivity contribution >= 4 is 28.4 Å². The Kier molecular flexibility index (Phi) is 3.10. The fourth-order valence-corrected chi connectivity index (χ4v) is 1.81. The molecule has 0 fully saturated rings. The van der Waals surface area contributed by atoms with E-state index in [9.17, 15) is 4.39 Å². The highest BCUT2D eigenvalue weighted by atomic mass is 19.1. The molecule has 0 aliphatic heterocycles. The van der Waals surface area contributed by atoms with Crippen molar-refractivity contribution < 1.29 is 4.39 Å². The zero-order chi connectivity index (χ0) is 13.9. The number of hydrogen-bond acceptors (Lipinski definition) is 6. The van der Waals surface area contributed by atoms with Gasteiger partial charge in [0.1, 0.15) is 0 Å². The number of nitrogens with one attached hydrogen (secondary N) is 2. The van der Waals surface area contributed by atoms with E-state index in [2.05, 4.69) is 25.7 Å². The highest BCUT2D eigenvalue weighted by Crippen LogP contribution is 2.22. The summed E-state index contributed by atoms with van der Waals surface area (Å²) in [5.41, 5.74) is 3.84. The molecule has 2 aromatic heterocycles. The predicted octanol–water partition coefficient (Wildman–Crippen LogP) is 2.19. The molecule has 4 N–H and O–H groups in total. The third-order valence-corrected chi connectivity index (χ3v) is 2.74. The van der Waals surface area contributed by atoms with Gasteiger partial charge >= 0.3 is 0 Å². The van der Waals surface area contributed by atoms with Crippen LogP contribution in [0.3, 0.4) is 0 Å². The van der Waals surface area contributed by atoms with Crippen molar-refractivity contribution in [1.82, 2.24) is 15.0 Å². The van der Waals surface area contributed by atoms with E-state index < -0.39 is 5.82 Å². The van der Waals surface area contributed by atoms with E-state index >= 15 is 0 Å². The minimum atomic E-state index is -0.560. The summed E-state index contributed by atoms with van der Waals surface area (Å²) in [5, 5.41) is 3.84. The van der Waals surface area contributed by atoms with Crippen LogP contribution in [0.4, 0.5) is 21.8 Å². The summed E-state index contributed by atoms with van der Waals surface area (Å²) in [6.45, 7) is 0. The first-order valence-corrected chi connectivity index (χ1v) is 5.87. The van der Waals surface area contributed by atoms with E-state index in [4.69, 9.17) is 5.84 Å². The number of hydrogen-bond donors (Lipinski definition) is 3. The van der Waals surface area contributed by atoms with Gasteiger partial charge < -0.3 is 5.32 Å². The lowest BCUT2D eigenvalue weighted by molar-refractivity contribution is 0.619. The Morgan fingerprint density at radius 2 is 2.05 bits per heavy atom. The average Bonchev–Trinajstić information content (AvgIpc) is 2.49. The zero-order valence-electron chi connectivity index (χ0n) is 10.3. The van der Waals surface area contributed by atoms with Crippen molar-refractivity contribution in [2.75, 3.05) is 10.7 Å². The number of pyridine rings is 1. The standard InChI is InChI=1S/C13H11FN6/c14-10-7-17-13(20-15)19-12(10)18-9-3-4-11-8(6-9)2-1-5-16-11/h1-7H,15H2,(H2,17,18,19,20). The Morgan fingerprint density at radius 1 is 1.15 bits per heavy atom. The van der Waals surface area contributed by atoms with Crippen LogP contribution in [-0.4, -0.2) is 15.0 Å². The second-order valence-corrected chi connectivity index (χ2v) is 4.07. The smallest absolute Gasteiger partial charge is 0.239 e. The van der Waals surface area contributed by atoms with Crippen LogP contribution in [0.2, 0.25) is 0 Å². The lowest BCUT2D eigenvalue weighted by Gasteiger charge is -2.08. The molecule has 20 heavy (non-hydrogen) atoms. The lowest BCUT2D eigenvalue weighted by Crippen LogP contribution is -2.11. The van der Waals surface area contributed by atoms with Gasteiger partial charge in [-0.3, -0.25) is 10.4 Å². The number of nitrogens with zero attached hydrogens (tertiary/aromatic N) is 3. The molecule has 0 amide bonds. The Balaban J connectivity index is 1.96. The van der Waals surface area contributed by atoms with Gasteiger partial charge in [-0.1, -0.05) is 6.07 Å². The largest absolute Gasteiger partial charge is 0.338 e. The van der Waals surface area contributed by atoms with Crippen molar-refractivity contribution in [3.63, 3.8) is 0 Å². The molecule has 7 heteroatoms. The minimum Gasteiger partial charge on any atom is -0.338 e. The second-order valence-electron chi connectivity index (χ2n) is 4.07. The maximum Gasteiger partial charge on any atom is 0.239 e. The van der Waals surface area contributed by atoms with Crippen LogP contribution in [0, 0.1) is 5.82 Å². The maximum atomic E-state index is 13.6. The van der Waals surface area contributed by atoms with Crippen LogP contribution < -0.4 is 16.6 Å². The highest BCUT2D eigenvalue weighted by molar-refractivity contribution is 5.83. The van der Waals surface area contributed by atoms with Crippen LogP contribution >= 0.6 is 0 Å². The van der Waals surface area contributed by atoms with Crippen molar-refractivity contribution in [3.05, 3.63) is 48.5 Å². The van der Waals surface area contributed by atoms with E-state index in [-0.39, 0.29) is 11.8 Å². The monoisotopic (exact) mass is 270 g/mol. The molecule has 2 heterocycles. The van der Waals surface area contributed by atoms with Crippen molar-refractivity contribution in [2.24, 2.45) is 5.84 Å². The molecule has 1 aromatic carbocycles. The lowest BCUT2D eigenvalue weighted by atomic mass is 10.2. The van der Waals surface area contributed by atoms with Crippen molar-refractivity contribution in [2.45, 2.75) is 0 Å². The number of benzene rings is 1. The molecule has 3 rings (SSSR count). The summed E-state index contributed by atoms with van der Waals surface area (Å²) in [5.74, 6) is 4.83. The zero-order valence-corrected chi connectivity index (χ0v) is 10.3. The Bertz CT molecular complexity index is 761. The SMILES string of the molecule is NNc1ncc(F)c(Nc2ccc3ncccc3c2)n1. The van der Waals surface area contributed by atoms with E-state index in [1.165, 1.54) is 0 Å². The Hall–Kier alpha value is -2.80. The molecule has 0 radical (unpaired) electrons. The molecule has 0 aliphatic rings.